The molecular weight excluding hydrogens is 320 g/mol. The van der Waals surface area contributed by atoms with Crippen LogP contribution in [0, 0.1) is 0 Å². The van der Waals surface area contributed by atoms with Crippen LogP contribution in [-0.4, -0.2) is 42.3 Å². The lowest BCUT2D eigenvalue weighted by atomic mass is 10.2. The van der Waals surface area contributed by atoms with Crippen LogP contribution < -0.4 is 0 Å². The molecule has 0 unspecified atom stereocenters. The van der Waals surface area contributed by atoms with Gasteiger partial charge < -0.3 is 9.42 Å². The minimum absolute atomic E-state index is 0.0671. The van der Waals surface area contributed by atoms with E-state index in [1.807, 2.05) is 35.2 Å². The van der Waals surface area contributed by atoms with Crippen molar-refractivity contribution in [3.8, 4) is 11.4 Å². The molecule has 1 fully saturated rings. The number of rotatable bonds is 5. The minimum atomic E-state index is -0.145. The predicted molar refractivity (Wildman–Crippen MR) is 88.1 cm³/mol. The largest absolute Gasteiger partial charge is 0.337 e. The Kier molecular flexibility index (Phi) is 4.24. The van der Waals surface area contributed by atoms with Gasteiger partial charge in [0.25, 0.3) is 0 Å². The van der Waals surface area contributed by atoms with E-state index in [4.69, 9.17) is 4.52 Å². The van der Waals surface area contributed by atoms with Crippen molar-refractivity contribution in [1.82, 2.24) is 29.8 Å². The summed E-state index contributed by atoms with van der Waals surface area (Å²) in [5.74, 6) is 1.13. The molecule has 1 saturated heterocycles. The van der Waals surface area contributed by atoms with Gasteiger partial charge in [0.15, 0.2) is 0 Å². The van der Waals surface area contributed by atoms with Crippen molar-refractivity contribution in [2.75, 3.05) is 6.54 Å². The molecule has 25 heavy (non-hydrogen) atoms. The lowest BCUT2D eigenvalue weighted by Gasteiger charge is -2.21. The lowest BCUT2D eigenvalue weighted by molar-refractivity contribution is -0.132. The Labute approximate surface area is 144 Å². The summed E-state index contributed by atoms with van der Waals surface area (Å²) < 4.78 is 7.11. The van der Waals surface area contributed by atoms with Gasteiger partial charge in [-0.15, -0.1) is 0 Å². The maximum atomic E-state index is 12.6. The van der Waals surface area contributed by atoms with Crippen molar-refractivity contribution in [1.29, 1.82) is 0 Å². The number of hydrogen-bond donors (Lipinski definition) is 0. The number of aryl methyl sites for hydroxylation is 1. The average Bonchev–Trinajstić information content (AvgIpc) is 3.41. The molecule has 0 bridgehead atoms. The Bertz CT molecular complexity index is 830. The van der Waals surface area contributed by atoms with Crippen LogP contribution in [0.2, 0.25) is 0 Å². The highest BCUT2D eigenvalue weighted by molar-refractivity contribution is 5.76. The normalized spacial score (nSPS) is 17.1. The third kappa shape index (κ3) is 3.28. The van der Waals surface area contributed by atoms with Crippen molar-refractivity contribution < 1.29 is 9.32 Å². The molecule has 0 N–H and O–H groups in total. The van der Waals surface area contributed by atoms with Crippen LogP contribution >= 0.6 is 0 Å². The van der Waals surface area contributed by atoms with Crippen LogP contribution in [0.5, 0.6) is 0 Å². The minimum Gasteiger partial charge on any atom is -0.337 e. The SMILES string of the molecule is O=C(CCn1cncn1)N1CCC[C@@H]1c1nc(-c2ccccc2)no1. The third-order valence-electron chi connectivity index (χ3n) is 4.35. The molecular formula is C17H18N6O2. The summed E-state index contributed by atoms with van der Waals surface area (Å²) in [5.41, 5.74) is 0.902. The molecule has 3 heterocycles. The van der Waals surface area contributed by atoms with Crippen LogP contribution in [0.4, 0.5) is 0 Å². The molecule has 8 heteroatoms. The van der Waals surface area contributed by atoms with Gasteiger partial charge in [-0.25, -0.2) is 4.98 Å². The van der Waals surface area contributed by atoms with Gasteiger partial charge in [0, 0.05) is 18.5 Å². The zero-order chi connectivity index (χ0) is 17.1. The van der Waals surface area contributed by atoms with E-state index in [0.717, 1.165) is 18.4 Å². The van der Waals surface area contributed by atoms with Gasteiger partial charge in [-0.05, 0) is 12.8 Å². The average molecular weight is 338 g/mol. The fourth-order valence-corrected chi connectivity index (χ4v) is 3.10. The van der Waals surface area contributed by atoms with Crippen LogP contribution in [0.15, 0.2) is 47.5 Å². The summed E-state index contributed by atoms with van der Waals surface area (Å²) in [6.07, 6.45) is 5.22. The van der Waals surface area contributed by atoms with Crippen LogP contribution in [0.25, 0.3) is 11.4 Å². The fourth-order valence-electron chi connectivity index (χ4n) is 3.10. The summed E-state index contributed by atoms with van der Waals surface area (Å²) in [6.45, 7) is 1.23. The Balaban J connectivity index is 1.46. The maximum Gasteiger partial charge on any atom is 0.249 e. The standard InChI is InChI=1S/C17H18N6O2/c24-15(8-10-22-12-18-11-19-22)23-9-4-7-14(23)17-20-16(21-25-17)13-5-2-1-3-6-13/h1-3,5-6,11-12,14H,4,7-10H2/t14-/m1/s1. The molecule has 8 nitrogen and oxygen atoms in total. The van der Waals surface area contributed by atoms with Crippen LogP contribution in [0.1, 0.15) is 31.2 Å². The Morgan fingerprint density at radius 3 is 2.96 bits per heavy atom. The molecule has 1 atom stereocenters. The highest BCUT2D eigenvalue weighted by atomic mass is 16.5. The van der Waals surface area contributed by atoms with Gasteiger partial charge in [0.2, 0.25) is 17.6 Å². The van der Waals surface area contributed by atoms with E-state index in [9.17, 15) is 4.79 Å². The van der Waals surface area contributed by atoms with Crippen molar-refractivity contribution in [3.05, 3.63) is 48.9 Å². The van der Waals surface area contributed by atoms with E-state index in [-0.39, 0.29) is 11.9 Å². The zero-order valence-corrected chi connectivity index (χ0v) is 13.7. The van der Waals surface area contributed by atoms with E-state index >= 15 is 0 Å². The van der Waals surface area contributed by atoms with Crippen molar-refractivity contribution in [2.45, 2.75) is 31.8 Å². The number of amides is 1. The summed E-state index contributed by atoms with van der Waals surface area (Å²) in [4.78, 5) is 22.8. The second-order valence-corrected chi connectivity index (χ2v) is 5.98. The van der Waals surface area contributed by atoms with E-state index < -0.39 is 0 Å². The van der Waals surface area contributed by atoms with E-state index in [0.29, 0.717) is 31.2 Å². The number of hydrogen-bond acceptors (Lipinski definition) is 6. The van der Waals surface area contributed by atoms with Gasteiger partial charge >= 0.3 is 0 Å². The van der Waals surface area contributed by atoms with Gasteiger partial charge in [-0.3, -0.25) is 9.48 Å². The number of likely N-dealkylation sites (tertiary alicyclic amines) is 1. The Morgan fingerprint density at radius 2 is 2.16 bits per heavy atom. The quantitative estimate of drug-likeness (QED) is 0.707. The number of nitrogens with zero attached hydrogens (tertiary/aromatic N) is 6. The lowest BCUT2D eigenvalue weighted by Crippen LogP contribution is -2.31. The van der Waals surface area contributed by atoms with Gasteiger partial charge in [0.05, 0.1) is 6.54 Å². The highest BCUT2D eigenvalue weighted by Gasteiger charge is 2.33. The second-order valence-electron chi connectivity index (χ2n) is 5.98. The number of carbonyl (C=O) groups is 1. The molecule has 128 valence electrons. The third-order valence-corrected chi connectivity index (χ3v) is 4.35. The first-order valence-corrected chi connectivity index (χ1v) is 8.32. The topological polar surface area (TPSA) is 89.9 Å². The van der Waals surface area contributed by atoms with E-state index in [1.165, 1.54) is 6.33 Å². The molecule has 0 spiro atoms. The predicted octanol–water partition coefficient (Wildman–Crippen LogP) is 2.08. The molecule has 0 aliphatic carbocycles. The smallest absolute Gasteiger partial charge is 0.249 e. The molecule has 1 amide bonds. The Morgan fingerprint density at radius 1 is 1.28 bits per heavy atom. The maximum absolute atomic E-state index is 12.6. The van der Waals surface area contributed by atoms with Gasteiger partial charge in [-0.2, -0.15) is 10.1 Å². The molecule has 0 radical (unpaired) electrons. The summed E-state index contributed by atoms with van der Waals surface area (Å²) >= 11 is 0. The molecule has 1 aliphatic rings. The molecule has 0 saturated carbocycles. The van der Waals surface area contributed by atoms with Crippen LogP contribution in [0.3, 0.4) is 0 Å². The first kappa shape index (κ1) is 15.5. The first-order valence-electron chi connectivity index (χ1n) is 8.32. The summed E-state index contributed by atoms with van der Waals surface area (Å²) in [6, 6.07) is 9.53. The zero-order valence-electron chi connectivity index (χ0n) is 13.7. The van der Waals surface area contributed by atoms with E-state index in [1.54, 1.807) is 11.0 Å². The Hall–Kier alpha value is -3.03. The van der Waals surface area contributed by atoms with Crippen molar-refractivity contribution in [2.24, 2.45) is 0 Å². The molecule has 4 rings (SSSR count). The number of aromatic nitrogens is 5. The number of benzene rings is 1. The first-order chi connectivity index (χ1) is 12.3. The molecule has 1 aromatic carbocycles. The molecule has 2 aromatic heterocycles. The van der Waals surface area contributed by atoms with Gasteiger partial charge in [0.1, 0.15) is 18.7 Å². The summed E-state index contributed by atoms with van der Waals surface area (Å²) in [5, 5.41) is 8.09. The van der Waals surface area contributed by atoms with Gasteiger partial charge in [-0.1, -0.05) is 35.5 Å². The second kappa shape index (κ2) is 6.84. The van der Waals surface area contributed by atoms with Crippen molar-refractivity contribution in [3.63, 3.8) is 0 Å². The molecule has 1 aliphatic heterocycles. The van der Waals surface area contributed by atoms with Crippen molar-refractivity contribution >= 4 is 5.91 Å². The van der Waals surface area contributed by atoms with Crippen LogP contribution in [-0.2, 0) is 11.3 Å². The monoisotopic (exact) mass is 338 g/mol. The fraction of sp³-hybridized carbons (Fsp3) is 0.353. The molecule has 3 aromatic rings. The number of carbonyl (C=O) groups excluding carboxylic acids is 1. The van der Waals surface area contributed by atoms with E-state index in [2.05, 4.69) is 20.2 Å². The summed E-state index contributed by atoms with van der Waals surface area (Å²) in [7, 11) is 0. The highest BCUT2D eigenvalue weighted by Crippen LogP contribution is 2.32.